The van der Waals surface area contributed by atoms with Crippen LogP contribution in [0, 0.1) is 6.92 Å². The Labute approximate surface area is 232 Å². The first-order valence-corrected chi connectivity index (χ1v) is 13.2. The number of benzene rings is 4. The van der Waals surface area contributed by atoms with Crippen LogP contribution in [0.3, 0.4) is 0 Å². The Morgan fingerprint density at radius 2 is 1.55 bits per heavy atom. The van der Waals surface area contributed by atoms with Gasteiger partial charge in [0.1, 0.15) is 12.1 Å². The van der Waals surface area contributed by atoms with Crippen LogP contribution in [0.4, 0.5) is 0 Å². The lowest BCUT2D eigenvalue weighted by Crippen LogP contribution is -2.49. The van der Waals surface area contributed by atoms with Crippen molar-refractivity contribution in [2.75, 3.05) is 0 Å². The lowest BCUT2D eigenvalue weighted by Gasteiger charge is -2.22. The fourth-order valence-corrected chi connectivity index (χ4v) is 4.67. The maximum atomic E-state index is 13.8. The molecule has 202 valence electrons. The predicted octanol–water partition coefficient (Wildman–Crippen LogP) is 4.43. The molecule has 0 spiro atoms. The highest BCUT2D eigenvalue weighted by Crippen LogP contribution is 2.20. The summed E-state index contributed by atoms with van der Waals surface area (Å²) in [5, 5.41) is 12.1. The van der Waals surface area contributed by atoms with E-state index in [4.69, 9.17) is 10.3 Å². The Balaban J connectivity index is 1.43. The Bertz CT molecular complexity index is 1620. The molecule has 0 aliphatic rings. The SMILES string of the molecule is Cc1noc([C@@H](Cc2ccccc2)NC(=O)C(Cc2ccc3ccccc3c2)NC(=O)c2cccc(CN)c2)n1. The summed E-state index contributed by atoms with van der Waals surface area (Å²) >= 11 is 0. The van der Waals surface area contributed by atoms with E-state index in [0.717, 1.165) is 27.5 Å². The van der Waals surface area contributed by atoms with E-state index in [1.807, 2.05) is 78.9 Å². The molecule has 40 heavy (non-hydrogen) atoms. The third-order valence-electron chi connectivity index (χ3n) is 6.74. The Morgan fingerprint density at radius 1 is 0.800 bits per heavy atom. The van der Waals surface area contributed by atoms with E-state index in [1.54, 1.807) is 25.1 Å². The lowest BCUT2D eigenvalue weighted by atomic mass is 9.99. The quantitative estimate of drug-likeness (QED) is 0.244. The lowest BCUT2D eigenvalue weighted by molar-refractivity contribution is -0.123. The summed E-state index contributed by atoms with van der Waals surface area (Å²) in [4.78, 5) is 31.5. The van der Waals surface area contributed by atoms with Crippen molar-refractivity contribution >= 4 is 22.6 Å². The average molecular weight is 534 g/mol. The van der Waals surface area contributed by atoms with Crippen molar-refractivity contribution in [3.8, 4) is 0 Å². The third kappa shape index (κ3) is 6.59. The molecule has 0 aliphatic heterocycles. The topological polar surface area (TPSA) is 123 Å². The van der Waals surface area contributed by atoms with Gasteiger partial charge in [-0.05, 0) is 46.5 Å². The number of fused-ring (bicyclic) bond motifs is 1. The van der Waals surface area contributed by atoms with Gasteiger partial charge in [-0.1, -0.05) is 90.1 Å². The van der Waals surface area contributed by atoms with E-state index >= 15 is 0 Å². The molecule has 0 saturated carbocycles. The standard InChI is InChI=1S/C32H31N5O3/c1-21-34-32(40-37-21)29(18-22-8-3-2-4-9-22)36-31(39)28(35-30(38)27-13-7-10-24(17-27)20-33)19-23-14-15-25-11-5-6-12-26(25)16-23/h2-17,28-29H,18-20,33H2,1H3,(H,35,38)(H,36,39)/t28?,29-/m1/s1. The molecule has 1 aromatic heterocycles. The number of aromatic nitrogens is 2. The maximum absolute atomic E-state index is 13.8. The van der Waals surface area contributed by atoms with Gasteiger partial charge in [0.15, 0.2) is 5.82 Å². The molecule has 4 N–H and O–H groups in total. The van der Waals surface area contributed by atoms with Gasteiger partial charge in [-0.15, -0.1) is 0 Å². The molecule has 0 bridgehead atoms. The average Bonchev–Trinajstić information content (AvgIpc) is 3.43. The molecule has 4 aromatic carbocycles. The highest BCUT2D eigenvalue weighted by atomic mass is 16.5. The van der Waals surface area contributed by atoms with Gasteiger partial charge in [-0.25, -0.2) is 0 Å². The molecule has 1 unspecified atom stereocenters. The largest absolute Gasteiger partial charge is 0.342 e. The van der Waals surface area contributed by atoms with E-state index in [-0.39, 0.29) is 11.8 Å². The number of hydrogen-bond acceptors (Lipinski definition) is 6. The molecule has 2 atom stereocenters. The number of carbonyl (C=O) groups is 2. The van der Waals surface area contributed by atoms with Gasteiger partial charge in [-0.2, -0.15) is 4.98 Å². The molecule has 5 rings (SSSR count). The van der Waals surface area contributed by atoms with Crippen LogP contribution in [-0.2, 0) is 24.2 Å². The third-order valence-corrected chi connectivity index (χ3v) is 6.74. The van der Waals surface area contributed by atoms with Crippen LogP contribution in [0.5, 0.6) is 0 Å². The Kier molecular flexibility index (Phi) is 8.27. The molecule has 5 aromatic rings. The molecule has 0 fully saturated rings. The van der Waals surface area contributed by atoms with E-state index in [9.17, 15) is 9.59 Å². The van der Waals surface area contributed by atoms with Crippen LogP contribution in [0.2, 0.25) is 0 Å². The van der Waals surface area contributed by atoms with Gasteiger partial charge in [0.05, 0.1) is 0 Å². The van der Waals surface area contributed by atoms with Gasteiger partial charge in [0.25, 0.3) is 5.91 Å². The summed E-state index contributed by atoms with van der Waals surface area (Å²) in [6.07, 6.45) is 0.739. The second kappa shape index (κ2) is 12.4. The first-order valence-electron chi connectivity index (χ1n) is 13.2. The van der Waals surface area contributed by atoms with Crippen molar-refractivity contribution < 1.29 is 14.1 Å². The van der Waals surface area contributed by atoms with Crippen LogP contribution >= 0.6 is 0 Å². The number of aryl methyl sites for hydroxylation is 1. The number of carbonyl (C=O) groups excluding carboxylic acids is 2. The van der Waals surface area contributed by atoms with Gasteiger partial charge in [-0.3, -0.25) is 9.59 Å². The van der Waals surface area contributed by atoms with E-state index in [1.165, 1.54) is 0 Å². The molecule has 2 amide bonds. The Hall–Kier alpha value is -4.82. The smallest absolute Gasteiger partial charge is 0.251 e. The second-order valence-corrected chi connectivity index (χ2v) is 9.75. The monoisotopic (exact) mass is 533 g/mol. The van der Waals surface area contributed by atoms with Crippen molar-refractivity contribution in [2.45, 2.75) is 38.4 Å². The number of rotatable bonds is 10. The molecule has 0 saturated heterocycles. The van der Waals surface area contributed by atoms with Crippen molar-refractivity contribution in [1.82, 2.24) is 20.8 Å². The van der Waals surface area contributed by atoms with Crippen molar-refractivity contribution in [1.29, 1.82) is 0 Å². The summed E-state index contributed by atoms with van der Waals surface area (Å²) in [5.74, 6) is 0.0713. The fourth-order valence-electron chi connectivity index (χ4n) is 4.67. The van der Waals surface area contributed by atoms with Gasteiger partial charge < -0.3 is 20.9 Å². The molecular formula is C32H31N5O3. The highest BCUT2D eigenvalue weighted by molar-refractivity contribution is 5.98. The first kappa shape index (κ1) is 26.8. The van der Waals surface area contributed by atoms with Crippen LogP contribution < -0.4 is 16.4 Å². The minimum Gasteiger partial charge on any atom is -0.342 e. The number of nitrogens with zero attached hydrogens (tertiary/aromatic N) is 2. The van der Waals surface area contributed by atoms with Gasteiger partial charge >= 0.3 is 0 Å². The van der Waals surface area contributed by atoms with Crippen LogP contribution in [0.1, 0.15) is 44.8 Å². The summed E-state index contributed by atoms with van der Waals surface area (Å²) in [5.41, 5.74) is 8.96. The zero-order valence-corrected chi connectivity index (χ0v) is 22.2. The molecular weight excluding hydrogens is 502 g/mol. The zero-order chi connectivity index (χ0) is 27.9. The Morgan fingerprint density at radius 3 is 2.30 bits per heavy atom. The van der Waals surface area contributed by atoms with Crippen LogP contribution in [-0.4, -0.2) is 28.0 Å². The number of amides is 2. The summed E-state index contributed by atoms with van der Waals surface area (Å²) in [6, 6.07) is 29.5. The van der Waals surface area contributed by atoms with Gasteiger partial charge in [0, 0.05) is 24.9 Å². The molecule has 8 nitrogen and oxygen atoms in total. The minimum atomic E-state index is -0.863. The number of nitrogens with one attached hydrogen (secondary N) is 2. The molecule has 0 radical (unpaired) electrons. The zero-order valence-electron chi connectivity index (χ0n) is 22.2. The van der Waals surface area contributed by atoms with Gasteiger partial charge in [0.2, 0.25) is 11.8 Å². The molecule has 1 heterocycles. The minimum absolute atomic E-state index is 0.292. The summed E-state index contributed by atoms with van der Waals surface area (Å²) in [7, 11) is 0. The van der Waals surface area contributed by atoms with E-state index < -0.39 is 12.1 Å². The van der Waals surface area contributed by atoms with Crippen LogP contribution in [0.25, 0.3) is 10.8 Å². The van der Waals surface area contributed by atoms with Crippen molar-refractivity contribution in [2.24, 2.45) is 5.73 Å². The molecule has 8 heteroatoms. The van der Waals surface area contributed by atoms with E-state index in [0.29, 0.717) is 36.7 Å². The fraction of sp³-hybridized carbons (Fsp3) is 0.188. The van der Waals surface area contributed by atoms with Crippen molar-refractivity contribution in [3.63, 3.8) is 0 Å². The first-order chi connectivity index (χ1) is 19.5. The molecule has 0 aliphatic carbocycles. The second-order valence-electron chi connectivity index (χ2n) is 9.75. The van der Waals surface area contributed by atoms with E-state index in [2.05, 4.69) is 20.8 Å². The predicted molar refractivity (Wildman–Crippen MR) is 153 cm³/mol. The highest BCUT2D eigenvalue weighted by Gasteiger charge is 2.28. The number of nitrogens with two attached hydrogens (primary N) is 1. The van der Waals surface area contributed by atoms with Crippen molar-refractivity contribution in [3.05, 3.63) is 131 Å². The van der Waals surface area contributed by atoms with Crippen LogP contribution in [0.15, 0.2) is 102 Å². The summed E-state index contributed by atoms with van der Waals surface area (Å²) < 4.78 is 5.45. The summed E-state index contributed by atoms with van der Waals surface area (Å²) in [6.45, 7) is 2.04. The normalized spacial score (nSPS) is 12.6. The number of hydrogen-bond donors (Lipinski definition) is 3. The maximum Gasteiger partial charge on any atom is 0.251 e.